The van der Waals surface area contributed by atoms with Crippen LogP contribution in [0.1, 0.15) is 53.3 Å². The topological polar surface area (TPSA) is 107 Å². The highest BCUT2D eigenvalue weighted by molar-refractivity contribution is 5.95. The molecule has 0 unspecified atom stereocenters. The maximum atomic E-state index is 14.3. The molecule has 56 heavy (non-hydrogen) atoms. The van der Waals surface area contributed by atoms with Gasteiger partial charge in [-0.05, 0) is 36.4 Å². The number of aldehydes is 1. The maximum Gasteiger partial charge on any atom is 0.343 e. The molecular weight excluding hydrogens is 709 g/mol. The van der Waals surface area contributed by atoms with Gasteiger partial charge in [0.1, 0.15) is 6.29 Å². The minimum atomic E-state index is -1.50. The number of esters is 2. The Kier molecular flexibility index (Phi) is 8.51. The second-order valence-corrected chi connectivity index (χ2v) is 13.0. The van der Waals surface area contributed by atoms with Crippen molar-refractivity contribution in [2.75, 3.05) is 0 Å². The van der Waals surface area contributed by atoms with E-state index in [0.717, 1.165) is 0 Å². The Morgan fingerprint density at radius 1 is 0.429 bits per heavy atom. The number of ether oxygens (including phenoxy) is 6. The summed E-state index contributed by atoms with van der Waals surface area (Å²) in [5.74, 6) is -4.09. The molecule has 0 N–H and O–H groups in total. The van der Waals surface area contributed by atoms with Crippen LogP contribution in [0.25, 0.3) is 0 Å². The van der Waals surface area contributed by atoms with Crippen molar-refractivity contribution in [3.8, 4) is 34.5 Å². The van der Waals surface area contributed by atoms with Crippen LogP contribution in [0.15, 0.2) is 176 Å². The lowest BCUT2D eigenvalue weighted by molar-refractivity contribution is -0.0468. The fraction of sp³-hybridized carbons (Fsp3) is 0.0426. The van der Waals surface area contributed by atoms with E-state index < -0.39 is 23.5 Å². The molecule has 0 fully saturated rings. The average Bonchev–Trinajstić information content (AvgIpc) is 3.87. The van der Waals surface area contributed by atoms with Crippen LogP contribution in [0.3, 0.4) is 0 Å². The third-order valence-electron chi connectivity index (χ3n) is 9.46. The summed E-state index contributed by atoms with van der Waals surface area (Å²) in [6.07, 6.45) is 0.625. The van der Waals surface area contributed by atoms with Crippen molar-refractivity contribution in [1.29, 1.82) is 0 Å². The Morgan fingerprint density at radius 2 is 0.804 bits per heavy atom. The number of fused-ring (bicyclic) bond motifs is 2. The first-order chi connectivity index (χ1) is 27.5. The van der Waals surface area contributed by atoms with Crippen molar-refractivity contribution < 1.29 is 42.8 Å². The van der Waals surface area contributed by atoms with Crippen LogP contribution in [0, 0.1) is 0 Å². The van der Waals surface area contributed by atoms with Gasteiger partial charge in [0, 0.05) is 27.8 Å². The van der Waals surface area contributed by atoms with Crippen molar-refractivity contribution in [3.63, 3.8) is 0 Å². The fourth-order valence-corrected chi connectivity index (χ4v) is 6.83. The third kappa shape index (κ3) is 5.97. The second kappa shape index (κ2) is 14.0. The highest BCUT2D eigenvalue weighted by Gasteiger charge is 2.49. The molecule has 0 amide bonds. The van der Waals surface area contributed by atoms with E-state index in [0.29, 0.717) is 28.5 Å². The molecule has 0 bridgehead atoms. The summed E-state index contributed by atoms with van der Waals surface area (Å²) in [4.78, 5) is 39.9. The maximum absolute atomic E-state index is 14.3. The molecule has 0 saturated heterocycles. The van der Waals surface area contributed by atoms with Crippen molar-refractivity contribution in [2.24, 2.45) is 0 Å². The van der Waals surface area contributed by atoms with Gasteiger partial charge in [0.05, 0.1) is 11.1 Å². The fourth-order valence-electron chi connectivity index (χ4n) is 6.83. The number of benzene rings is 7. The van der Waals surface area contributed by atoms with Crippen LogP contribution in [0.4, 0.5) is 0 Å². The highest BCUT2D eigenvalue weighted by Crippen LogP contribution is 2.54. The van der Waals surface area contributed by atoms with Gasteiger partial charge in [-0.3, -0.25) is 4.79 Å². The van der Waals surface area contributed by atoms with Crippen molar-refractivity contribution in [2.45, 2.75) is 11.6 Å². The number of carbonyl (C=O) groups is 3. The Bertz CT molecular complexity index is 2500. The van der Waals surface area contributed by atoms with Gasteiger partial charge < -0.3 is 28.4 Å². The molecule has 0 spiro atoms. The van der Waals surface area contributed by atoms with Gasteiger partial charge >= 0.3 is 23.5 Å². The average molecular weight is 739 g/mol. The zero-order valence-corrected chi connectivity index (χ0v) is 29.5. The number of hydrogen-bond donors (Lipinski definition) is 0. The monoisotopic (exact) mass is 738 g/mol. The molecule has 272 valence electrons. The first-order valence-electron chi connectivity index (χ1n) is 17.7. The predicted octanol–water partition coefficient (Wildman–Crippen LogP) is 9.28. The largest absolute Gasteiger partial charge is 0.440 e. The lowest BCUT2D eigenvalue weighted by atomic mass is 9.97. The van der Waals surface area contributed by atoms with E-state index in [2.05, 4.69) is 0 Å². The molecule has 0 saturated carbocycles. The quantitative estimate of drug-likeness (QED) is 0.0814. The van der Waals surface area contributed by atoms with Gasteiger partial charge in [-0.15, -0.1) is 0 Å². The molecule has 0 aliphatic carbocycles. The standard InChI is InChI=1S/C47H30O9/c48-30-31-26-38(42-40(27-31)53-46(55-42,34-18-8-2-9-19-34)35-20-10-3-11-21-35)51-45(50)33-28-39(52-44(49)32-16-6-1-7-17-32)43-41(29-33)54-47(56-43,36-22-12-4-13-23-36)37-24-14-5-15-25-37/h1-30H. The Morgan fingerprint density at radius 3 is 1.23 bits per heavy atom. The number of hydrogen-bond acceptors (Lipinski definition) is 9. The van der Waals surface area contributed by atoms with E-state index in [1.165, 1.54) is 24.3 Å². The molecule has 9 rings (SSSR count). The smallest absolute Gasteiger partial charge is 0.343 e. The molecule has 2 heterocycles. The van der Waals surface area contributed by atoms with Crippen LogP contribution in [0.2, 0.25) is 0 Å². The van der Waals surface area contributed by atoms with Gasteiger partial charge in [-0.2, -0.15) is 0 Å². The lowest BCUT2D eigenvalue weighted by Gasteiger charge is -2.28. The minimum Gasteiger partial charge on any atom is -0.440 e. The van der Waals surface area contributed by atoms with Crippen LogP contribution >= 0.6 is 0 Å². The van der Waals surface area contributed by atoms with Crippen molar-refractivity contribution in [3.05, 3.63) is 215 Å². The minimum absolute atomic E-state index is 0.0401. The Hall–Kier alpha value is -7.65. The summed E-state index contributed by atoms with van der Waals surface area (Å²) in [6.45, 7) is 0. The molecule has 9 heteroatoms. The second-order valence-electron chi connectivity index (χ2n) is 13.0. The van der Waals surface area contributed by atoms with Crippen molar-refractivity contribution >= 4 is 18.2 Å². The summed E-state index contributed by atoms with van der Waals surface area (Å²) in [6, 6.07) is 51.5. The Balaban J connectivity index is 1.12. The molecule has 0 atom stereocenters. The van der Waals surface area contributed by atoms with E-state index in [1.807, 2.05) is 121 Å². The van der Waals surface area contributed by atoms with Crippen LogP contribution < -0.4 is 28.4 Å². The number of carbonyl (C=O) groups excluding carboxylic acids is 3. The van der Waals surface area contributed by atoms with E-state index in [9.17, 15) is 14.4 Å². The van der Waals surface area contributed by atoms with E-state index in [-0.39, 0.29) is 51.2 Å². The highest BCUT2D eigenvalue weighted by atomic mass is 16.7. The predicted molar refractivity (Wildman–Crippen MR) is 204 cm³/mol. The molecule has 2 aliphatic rings. The van der Waals surface area contributed by atoms with Gasteiger partial charge in [0.2, 0.25) is 11.5 Å². The van der Waals surface area contributed by atoms with Crippen LogP contribution in [0.5, 0.6) is 34.5 Å². The SMILES string of the molecule is O=Cc1cc(OC(=O)c2cc(OC(=O)c3ccccc3)c3c(c2)OC(c2ccccc2)(c2ccccc2)O3)c2c(c1)OC(c1ccccc1)(c1ccccc1)O2. The molecule has 7 aromatic rings. The molecule has 0 aromatic heterocycles. The van der Waals surface area contributed by atoms with Gasteiger partial charge in [0.25, 0.3) is 0 Å². The molecular formula is C47H30O9. The van der Waals surface area contributed by atoms with E-state index >= 15 is 0 Å². The van der Waals surface area contributed by atoms with Gasteiger partial charge in [0.15, 0.2) is 23.0 Å². The molecule has 7 aromatic carbocycles. The lowest BCUT2D eigenvalue weighted by Crippen LogP contribution is -2.36. The summed E-state index contributed by atoms with van der Waals surface area (Å²) in [5, 5.41) is 0. The van der Waals surface area contributed by atoms with Gasteiger partial charge in [-0.1, -0.05) is 140 Å². The first-order valence-corrected chi connectivity index (χ1v) is 17.7. The zero-order chi connectivity index (χ0) is 38.1. The Labute approximate surface area is 321 Å². The van der Waals surface area contributed by atoms with Crippen LogP contribution in [-0.4, -0.2) is 18.2 Å². The molecule has 0 radical (unpaired) electrons. The van der Waals surface area contributed by atoms with E-state index in [4.69, 9.17) is 28.4 Å². The number of rotatable bonds is 9. The summed E-state index contributed by atoms with van der Waals surface area (Å²) in [7, 11) is 0. The third-order valence-corrected chi connectivity index (χ3v) is 9.46. The molecule has 2 aliphatic heterocycles. The summed E-state index contributed by atoms with van der Waals surface area (Å²) in [5.41, 5.74) is 3.09. The zero-order valence-electron chi connectivity index (χ0n) is 29.5. The van der Waals surface area contributed by atoms with Crippen LogP contribution in [-0.2, 0) is 11.6 Å². The summed E-state index contributed by atoms with van der Waals surface area (Å²) >= 11 is 0. The summed E-state index contributed by atoms with van der Waals surface area (Å²) < 4.78 is 38.5. The molecule has 9 nitrogen and oxygen atoms in total. The van der Waals surface area contributed by atoms with E-state index in [1.54, 1.807) is 30.3 Å². The van der Waals surface area contributed by atoms with Gasteiger partial charge in [-0.25, -0.2) is 9.59 Å². The first kappa shape index (κ1) is 34.1. The van der Waals surface area contributed by atoms with Crippen molar-refractivity contribution in [1.82, 2.24) is 0 Å². The normalized spacial score (nSPS) is 14.1.